The largest absolute Gasteiger partial charge is 0.476 e. The van der Waals surface area contributed by atoms with Gasteiger partial charge in [-0.15, -0.1) is 15.0 Å². The molecule has 0 aliphatic heterocycles. The molecule has 6 nitrogen and oxygen atoms in total. The van der Waals surface area contributed by atoms with Gasteiger partial charge in [-0.1, -0.05) is 15.9 Å². The van der Waals surface area contributed by atoms with Crippen LogP contribution in [0.25, 0.3) is 5.69 Å². The fourth-order valence-corrected chi connectivity index (χ4v) is 1.57. The van der Waals surface area contributed by atoms with Crippen LogP contribution in [0.5, 0.6) is 0 Å². The maximum Gasteiger partial charge on any atom is 0.360 e. The molecule has 0 radical (unpaired) electrons. The molecule has 0 saturated heterocycles. The predicted molar refractivity (Wildman–Crippen MR) is 65.6 cm³/mol. The summed E-state index contributed by atoms with van der Waals surface area (Å²) in [6, 6.07) is 7.24. The summed E-state index contributed by atoms with van der Waals surface area (Å²) in [5.41, 5.74) is 0.590. The van der Waals surface area contributed by atoms with Crippen molar-refractivity contribution in [3.05, 3.63) is 34.4 Å². The van der Waals surface area contributed by atoms with Crippen LogP contribution >= 0.6 is 15.9 Å². The molecule has 0 atom stereocenters. The minimum atomic E-state index is -1.11. The fourth-order valence-electron chi connectivity index (χ4n) is 1.31. The molecule has 2 rings (SSSR count). The molecule has 7 heteroatoms. The zero-order valence-corrected chi connectivity index (χ0v) is 10.5. The first kappa shape index (κ1) is 11.6. The van der Waals surface area contributed by atoms with Crippen molar-refractivity contribution in [2.45, 2.75) is 0 Å². The first-order valence-corrected chi connectivity index (χ1v) is 5.55. The summed E-state index contributed by atoms with van der Waals surface area (Å²) in [5, 5.41) is 19.6. The highest BCUT2D eigenvalue weighted by Crippen LogP contribution is 2.15. The van der Waals surface area contributed by atoms with Gasteiger partial charge in [-0.05, 0) is 24.3 Å². The maximum absolute atomic E-state index is 10.9. The van der Waals surface area contributed by atoms with Crippen molar-refractivity contribution < 1.29 is 9.90 Å². The van der Waals surface area contributed by atoms with Crippen LogP contribution in [0.1, 0.15) is 10.5 Å². The lowest BCUT2D eigenvalue weighted by Gasteiger charge is -1.98. The van der Waals surface area contributed by atoms with Gasteiger partial charge in [0.1, 0.15) is 0 Å². The number of aromatic nitrogens is 3. The molecule has 0 spiro atoms. The fraction of sp³-hybridized carbons (Fsp3) is 0.100. The molecule has 1 aromatic heterocycles. The molecule has 2 N–H and O–H groups in total. The smallest absolute Gasteiger partial charge is 0.360 e. The Labute approximate surface area is 105 Å². The Bertz CT molecular complexity index is 550. The molecule has 0 saturated carbocycles. The molecule has 17 heavy (non-hydrogen) atoms. The van der Waals surface area contributed by atoms with Crippen LogP contribution < -0.4 is 5.32 Å². The third-order valence-corrected chi connectivity index (χ3v) is 2.64. The zero-order chi connectivity index (χ0) is 12.4. The van der Waals surface area contributed by atoms with E-state index in [1.807, 2.05) is 12.1 Å². The second-order valence-corrected chi connectivity index (χ2v) is 4.13. The molecular weight excluding hydrogens is 288 g/mol. The van der Waals surface area contributed by atoms with Gasteiger partial charge in [-0.25, -0.2) is 4.79 Å². The number of hydrogen-bond donors (Lipinski definition) is 2. The molecule has 0 fully saturated rings. The van der Waals surface area contributed by atoms with E-state index in [1.165, 1.54) is 4.80 Å². The van der Waals surface area contributed by atoms with Crippen molar-refractivity contribution in [1.82, 2.24) is 15.0 Å². The van der Waals surface area contributed by atoms with Crippen LogP contribution in [-0.4, -0.2) is 33.1 Å². The van der Waals surface area contributed by atoms with E-state index >= 15 is 0 Å². The zero-order valence-electron chi connectivity index (χ0n) is 8.88. The Morgan fingerprint density at radius 2 is 2.00 bits per heavy atom. The van der Waals surface area contributed by atoms with Gasteiger partial charge in [0.2, 0.25) is 5.69 Å². The van der Waals surface area contributed by atoms with Crippen LogP contribution in [0.15, 0.2) is 28.7 Å². The number of carbonyl (C=O) groups is 1. The van der Waals surface area contributed by atoms with E-state index in [4.69, 9.17) is 5.11 Å². The Hall–Kier alpha value is -1.89. The third kappa shape index (κ3) is 2.28. The van der Waals surface area contributed by atoms with Crippen molar-refractivity contribution in [3.8, 4) is 5.69 Å². The van der Waals surface area contributed by atoms with Gasteiger partial charge in [0, 0.05) is 11.5 Å². The maximum atomic E-state index is 10.9. The average Bonchev–Trinajstić information content (AvgIpc) is 2.74. The number of anilines is 1. The number of aromatic carboxylic acids is 1. The lowest BCUT2D eigenvalue weighted by molar-refractivity contribution is 0.0691. The van der Waals surface area contributed by atoms with Crippen molar-refractivity contribution in [3.63, 3.8) is 0 Å². The van der Waals surface area contributed by atoms with Crippen molar-refractivity contribution in [1.29, 1.82) is 0 Å². The first-order chi connectivity index (χ1) is 8.11. The van der Waals surface area contributed by atoms with Gasteiger partial charge >= 0.3 is 5.97 Å². The van der Waals surface area contributed by atoms with E-state index in [-0.39, 0.29) is 11.5 Å². The number of carboxylic acid groups (broad SMARTS) is 1. The van der Waals surface area contributed by atoms with Crippen LogP contribution in [0.4, 0.5) is 5.82 Å². The Morgan fingerprint density at radius 1 is 1.35 bits per heavy atom. The summed E-state index contributed by atoms with van der Waals surface area (Å²) in [7, 11) is 1.60. The summed E-state index contributed by atoms with van der Waals surface area (Å²) >= 11 is 3.32. The van der Waals surface area contributed by atoms with Crippen molar-refractivity contribution in [2.75, 3.05) is 12.4 Å². The number of nitrogens with one attached hydrogen (secondary N) is 1. The van der Waals surface area contributed by atoms with E-state index in [0.29, 0.717) is 5.69 Å². The topological polar surface area (TPSA) is 80.0 Å². The quantitative estimate of drug-likeness (QED) is 0.902. The lowest BCUT2D eigenvalue weighted by atomic mass is 10.3. The minimum Gasteiger partial charge on any atom is -0.476 e. The van der Waals surface area contributed by atoms with Crippen molar-refractivity contribution >= 4 is 27.7 Å². The van der Waals surface area contributed by atoms with Gasteiger partial charge in [0.05, 0.1) is 5.69 Å². The Kier molecular flexibility index (Phi) is 3.10. The van der Waals surface area contributed by atoms with Gasteiger partial charge in [0.25, 0.3) is 0 Å². The van der Waals surface area contributed by atoms with E-state index in [2.05, 4.69) is 31.4 Å². The molecule has 0 amide bonds. The number of carboxylic acids is 1. The van der Waals surface area contributed by atoms with E-state index < -0.39 is 5.97 Å². The highest BCUT2D eigenvalue weighted by atomic mass is 79.9. The highest BCUT2D eigenvalue weighted by Gasteiger charge is 2.17. The first-order valence-electron chi connectivity index (χ1n) is 4.76. The minimum absolute atomic E-state index is 0.101. The summed E-state index contributed by atoms with van der Waals surface area (Å²) < 4.78 is 0.931. The highest BCUT2D eigenvalue weighted by molar-refractivity contribution is 9.10. The van der Waals surface area contributed by atoms with E-state index in [1.54, 1.807) is 19.2 Å². The van der Waals surface area contributed by atoms with E-state index in [9.17, 15) is 4.79 Å². The summed E-state index contributed by atoms with van der Waals surface area (Å²) in [5.74, 6) is -0.877. The number of nitrogens with zero attached hydrogens (tertiary/aromatic N) is 3. The normalized spacial score (nSPS) is 10.2. The standard InChI is InChI=1S/C10H9BrN4O2/c1-12-9-8(10(16)17)13-15(14-9)7-4-2-6(11)3-5-7/h2-5H,1H3,(H,12,14)(H,16,17). The molecule has 1 aromatic carbocycles. The number of halogens is 1. The molecule has 0 aliphatic carbocycles. The van der Waals surface area contributed by atoms with Crippen LogP contribution in [-0.2, 0) is 0 Å². The van der Waals surface area contributed by atoms with Gasteiger partial charge in [0.15, 0.2) is 5.82 Å². The number of benzene rings is 1. The summed E-state index contributed by atoms with van der Waals surface area (Å²) in [6.45, 7) is 0. The number of rotatable bonds is 3. The van der Waals surface area contributed by atoms with Gasteiger partial charge in [-0.3, -0.25) is 0 Å². The number of hydrogen-bond acceptors (Lipinski definition) is 4. The Balaban J connectivity index is 2.46. The second kappa shape index (κ2) is 4.54. The Morgan fingerprint density at radius 3 is 2.47 bits per heavy atom. The van der Waals surface area contributed by atoms with Crippen molar-refractivity contribution in [2.24, 2.45) is 0 Å². The van der Waals surface area contributed by atoms with Gasteiger partial charge < -0.3 is 10.4 Å². The van der Waals surface area contributed by atoms with Gasteiger partial charge in [-0.2, -0.15) is 0 Å². The predicted octanol–water partition coefficient (Wildman–Crippen LogP) is 1.77. The second-order valence-electron chi connectivity index (χ2n) is 3.22. The van der Waals surface area contributed by atoms with Crippen LogP contribution in [0, 0.1) is 0 Å². The van der Waals surface area contributed by atoms with E-state index in [0.717, 1.165) is 4.47 Å². The molecule has 0 unspecified atom stereocenters. The average molecular weight is 297 g/mol. The SMILES string of the molecule is CNc1nn(-c2ccc(Br)cc2)nc1C(=O)O. The lowest BCUT2D eigenvalue weighted by Crippen LogP contribution is -2.02. The summed E-state index contributed by atoms with van der Waals surface area (Å²) in [4.78, 5) is 12.2. The summed E-state index contributed by atoms with van der Waals surface area (Å²) in [6.07, 6.45) is 0. The molecular formula is C10H9BrN4O2. The van der Waals surface area contributed by atoms with Crippen LogP contribution in [0.2, 0.25) is 0 Å². The third-order valence-electron chi connectivity index (χ3n) is 2.11. The molecule has 88 valence electrons. The van der Waals surface area contributed by atoms with Crippen LogP contribution in [0.3, 0.4) is 0 Å². The molecule has 0 aliphatic rings. The monoisotopic (exact) mass is 296 g/mol. The molecule has 0 bridgehead atoms. The molecule has 2 aromatic rings. The molecule has 1 heterocycles.